The van der Waals surface area contributed by atoms with Crippen LogP contribution in [0.5, 0.6) is 0 Å². The van der Waals surface area contributed by atoms with Gasteiger partial charge in [0, 0.05) is 0 Å². The van der Waals surface area contributed by atoms with Crippen molar-refractivity contribution in [3.8, 4) is 16.8 Å². The molecule has 76 valence electrons. The first-order chi connectivity index (χ1) is 7.88. The third-order valence-electron chi connectivity index (χ3n) is 2.39. The normalized spacial score (nSPS) is 10.4. The van der Waals surface area contributed by atoms with E-state index >= 15 is 0 Å². The molecule has 0 fully saturated rings. The van der Waals surface area contributed by atoms with E-state index in [0.29, 0.717) is 5.56 Å². The van der Waals surface area contributed by atoms with Crippen molar-refractivity contribution in [1.82, 2.24) is 9.97 Å². The highest BCUT2D eigenvalue weighted by Gasteiger charge is 2.08. The van der Waals surface area contributed by atoms with Gasteiger partial charge in [0.15, 0.2) is 0 Å². The first-order valence-corrected chi connectivity index (χ1v) is 5.69. The number of para-hydroxylation sites is 1. The largest absolute Gasteiger partial charge is 0.337 e. The summed E-state index contributed by atoms with van der Waals surface area (Å²) in [7, 11) is 0. The van der Waals surface area contributed by atoms with Gasteiger partial charge in [-0.1, -0.05) is 12.1 Å². The minimum atomic E-state index is 0.608. The van der Waals surface area contributed by atoms with Crippen LogP contribution in [0.25, 0.3) is 21.7 Å². The first-order valence-electron chi connectivity index (χ1n) is 4.81. The van der Waals surface area contributed by atoms with Crippen molar-refractivity contribution < 1.29 is 0 Å². The first kappa shape index (κ1) is 9.13. The topological polar surface area (TPSA) is 52.5 Å². The van der Waals surface area contributed by atoms with Crippen LogP contribution in [0, 0.1) is 11.3 Å². The Labute approximate surface area is 96.0 Å². The number of fused-ring (bicyclic) bond motifs is 1. The molecule has 0 spiro atoms. The van der Waals surface area contributed by atoms with Crippen molar-refractivity contribution in [2.24, 2.45) is 0 Å². The fourth-order valence-electron chi connectivity index (χ4n) is 1.65. The molecule has 3 aromatic rings. The number of rotatable bonds is 1. The van der Waals surface area contributed by atoms with Crippen molar-refractivity contribution in [2.75, 3.05) is 0 Å². The van der Waals surface area contributed by atoms with E-state index in [-0.39, 0.29) is 0 Å². The molecule has 0 unspecified atom stereocenters. The summed E-state index contributed by atoms with van der Waals surface area (Å²) in [6, 6.07) is 11.7. The van der Waals surface area contributed by atoms with Gasteiger partial charge in [0.05, 0.1) is 16.0 Å². The van der Waals surface area contributed by atoms with Gasteiger partial charge >= 0.3 is 0 Å². The fraction of sp³-hybridized carbons (Fsp3) is 0. The van der Waals surface area contributed by atoms with Crippen LogP contribution in [-0.2, 0) is 0 Å². The number of aromatic nitrogens is 2. The molecule has 4 heteroatoms. The number of aromatic amines is 1. The molecule has 2 heterocycles. The summed E-state index contributed by atoms with van der Waals surface area (Å²) in [5.74, 6) is 0.827. The molecule has 3 nitrogen and oxygen atoms in total. The molecular formula is C12H7N3S. The van der Waals surface area contributed by atoms with Crippen LogP contribution in [0.1, 0.15) is 5.56 Å². The second-order valence-electron chi connectivity index (χ2n) is 3.38. The third-order valence-corrected chi connectivity index (χ3v) is 3.26. The molecule has 1 aromatic carbocycles. The summed E-state index contributed by atoms with van der Waals surface area (Å²) in [5.41, 5.74) is 2.26. The maximum atomic E-state index is 8.97. The maximum Gasteiger partial charge on any atom is 0.148 e. The van der Waals surface area contributed by atoms with E-state index in [2.05, 4.69) is 16.0 Å². The average Bonchev–Trinajstić information content (AvgIpc) is 2.96. The lowest BCUT2D eigenvalue weighted by atomic mass is 10.2. The fourth-order valence-corrected chi connectivity index (χ4v) is 2.32. The number of H-pyrrole nitrogens is 1. The van der Waals surface area contributed by atoms with Gasteiger partial charge in [-0.2, -0.15) is 5.26 Å². The van der Waals surface area contributed by atoms with Crippen LogP contribution in [0.2, 0.25) is 0 Å². The van der Waals surface area contributed by atoms with Crippen LogP contribution in [0.3, 0.4) is 0 Å². The summed E-state index contributed by atoms with van der Waals surface area (Å²) >= 11 is 1.63. The van der Waals surface area contributed by atoms with Gasteiger partial charge in [-0.05, 0) is 23.6 Å². The smallest absolute Gasteiger partial charge is 0.148 e. The van der Waals surface area contributed by atoms with E-state index in [1.54, 1.807) is 17.4 Å². The van der Waals surface area contributed by atoms with E-state index in [4.69, 9.17) is 5.26 Å². The van der Waals surface area contributed by atoms with Gasteiger partial charge in [0.1, 0.15) is 17.4 Å². The quantitative estimate of drug-likeness (QED) is 0.691. The van der Waals surface area contributed by atoms with E-state index < -0.39 is 0 Å². The molecule has 16 heavy (non-hydrogen) atoms. The van der Waals surface area contributed by atoms with Gasteiger partial charge in [-0.15, -0.1) is 11.3 Å². The highest BCUT2D eigenvalue weighted by atomic mass is 32.1. The molecule has 2 aromatic heterocycles. The number of nitrogens with one attached hydrogen (secondary N) is 1. The predicted octanol–water partition coefficient (Wildman–Crippen LogP) is 3.16. The monoisotopic (exact) mass is 225 g/mol. The number of hydrogen-bond acceptors (Lipinski definition) is 3. The SMILES string of the molecule is N#Cc1cccc2[nH]c(-c3cccs3)nc12. The molecule has 0 saturated heterocycles. The van der Waals surface area contributed by atoms with Gasteiger partial charge in [-0.3, -0.25) is 0 Å². The Morgan fingerprint density at radius 2 is 2.19 bits per heavy atom. The van der Waals surface area contributed by atoms with E-state index in [1.165, 1.54) is 0 Å². The van der Waals surface area contributed by atoms with Crippen molar-refractivity contribution in [3.05, 3.63) is 41.3 Å². The Morgan fingerprint density at radius 1 is 1.25 bits per heavy atom. The number of nitriles is 1. The minimum Gasteiger partial charge on any atom is -0.337 e. The van der Waals surface area contributed by atoms with Crippen LogP contribution >= 0.6 is 11.3 Å². The third kappa shape index (κ3) is 1.30. The second-order valence-corrected chi connectivity index (χ2v) is 4.32. The van der Waals surface area contributed by atoms with Crippen molar-refractivity contribution in [3.63, 3.8) is 0 Å². The molecule has 1 N–H and O–H groups in total. The molecular weight excluding hydrogens is 218 g/mol. The highest BCUT2D eigenvalue weighted by Crippen LogP contribution is 2.25. The highest BCUT2D eigenvalue weighted by molar-refractivity contribution is 7.13. The number of imidazole rings is 1. The Hall–Kier alpha value is -2.12. The molecule has 0 atom stereocenters. The van der Waals surface area contributed by atoms with E-state index in [1.807, 2.05) is 29.6 Å². The van der Waals surface area contributed by atoms with E-state index in [9.17, 15) is 0 Å². The summed E-state index contributed by atoms with van der Waals surface area (Å²) < 4.78 is 0. The predicted molar refractivity (Wildman–Crippen MR) is 64.1 cm³/mol. The molecule has 0 radical (unpaired) electrons. The van der Waals surface area contributed by atoms with Crippen LogP contribution in [0.15, 0.2) is 35.7 Å². The lowest BCUT2D eigenvalue weighted by molar-refractivity contribution is 1.36. The zero-order valence-corrected chi connectivity index (χ0v) is 9.08. The molecule has 0 saturated carbocycles. The van der Waals surface area contributed by atoms with E-state index in [0.717, 1.165) is 21.7 Å². The average molecular weight is 225 g/mol. The molecule has 0 aliphatic carbocycles. The maximum absolute atomic E-state index is 8.97. The molecule has 0 aliphatic rings. The molecule has 0 bridgehead atoms. The molecule has 3 rings (SSSR count). The summed E-state index contributed by atoms with van der Waals surface area (Å²) in [6.45, 7) is 0. The molecule has 0 amide bonds. The number of thiophene rings is 1. The van der Waals surface area contributed by atoms with Gasteiger partial charge < -0.3 is 4.98 Å². The summed E-state index contributed by atoms with van der Waals surface area (Å²) in [6.07, 6.45) is 0. The zero-order valence-electron chi connectivity index (χ0n) is 8.27. The van der Waals surface area contributed by atoms with Crippen molar-refractivity contribution in [1.29, 1.82) is 5.26 Å². The Bertz CT molecular complexity index is 674. The summed E-state index contributed by atoms with van der Waals surface area (Å²) in [5, 5.41) is 11.0. The van der Waals surface area contributed by atoms with Gasteiger partial charge in [-0.25, -0.2) is 4.98 Å². The van der Waals surface area contributed by atoms with Gasteiger partial charge in [0.2, 0.25) is 0 Å². The van der Waals surface area contributed by atoms with Crippen LogP contribution in [0.4, 0.5) is 0 Å². The van der Waals surface area contributed by atoms with Crippen LogP contribution in [-0.4, -0.2) is 9.97 Å². The van der Waals surface area contributed by atoms with Crippen LogP contribution < -0.4 is 0 Å². The lowest BCUT2D eigenvalue weighted by Gasteiger charge is -1.87. The molecule has 0 aliphatic heterocycles. The standard InChI is InChI=1S/C12H7N3S/c13-7-8-3-1-4-9-11(8)15-12(14-9)10-5-2-6-16-10/h1-6H,(H,14,15). The number of benzene rings is 1. The second kappa shape index (κ2) is 3.47. The minimum absolute atomic E-state index is 0.608. The van der Waals surface area contributed by atoms with Crippen molar-refractivity contribution in [2.45, 2.75) is 0 Å². The zero-order chi connectivity index (χ0) is 11.0. The lowest BCUT2D eigenvalue weighted by Crippen LogP contribution is -1.76. The van der Waals surface area contributed by atoms with Gasteiger partial charge in [0.25, 0.3) is 0 Å². The number of nitrogens with zero attached hydrogens (tertiary/aromatic N) is 2. The Morgan fingerprint density at radius 3 is 2.94 bits per heavy atom. The summed E-state index contributed by atoms with van der Waals surface area (Å²) in [4.78, 5) is 8.76. The van der Waals surface area contributed by atoms with Crippen molar-refractivity contribution >= 4 is 22.4 Å². The number of hydrogen-bond donors (Lipinski definition) is 1. The Balaban J connectivity index is 2.28. The Kier molecular flexibility index (Phi) is 1.98.